The molecule has 6 aliphatic heterocycles. The number of H-pyrrole nitrogens is 1. The lowest BCUT2D eigenvalue weighted by Gasteiger charge is -2.38. The molecule has 362 valence electrons. The molecule has 74 heavy (non-hydrogen) atoms. The number of imide groups is 2. The summed E-state index contributed by atoms with van der Waals surface area (Å²) < 4.78 is 92.7. The highest BCUT2D eigenvalue weighted by molar-refractivity contribution is 6.35. The van der Waals surface area contributed by atoms with Gasteiger partial charge in [-0.25, -0.2) is 39.8 Å². The average molecular weight is 998 g/mol. The standard InChI is InChI=1S/C53H29F6N11O4/c1-60-25-13-17-31-35(21-25)45-65-41-29-9-5-3-7-27(29)40(61-41)64-44-32-18-14-26(22-36(32)46(68-44)66-42-30-10-6-4-8-28(30)39(62-42)63-43(31)67-45)70-49(73)34-16-12-24(20-38(34)50(70)74)51(52(54,55)56,53(57,58)59)23-11-15-33-37(19-23)48(72)69(2)47(33)71/h3-22,40,60H,1-2H3,(H,61,62,63,64,65,66,67,68). The van der Waals surface area contributed by atoms with Crippen molar-refractivity contribution in [3.63, 3.8) is 0 Å². The Hall–Kier alpha value is -9.53. The number of aliphatic imine (C=N–C) groups is 5. The Kier molecular flexibility index (Phi) is 9.15. The van der Waals surface area contributed by atoms with Gasteiger partial charge < -0.3 is 10.3 Å². The van der Waals surface area contributed by atoms with E-state index in [1.807, 2.05) is 66.7 Å². The lowest BCUT2D eigenvalue weighted by Crippen LogP contribution is -2.55. The smallest absolute Gasteiger partial charge is 0.388 e. The summed E-state index contributed by atoms with van der Waals surface area (Å²) in [5.74, 6) is -2.95. The van der Waals surface area contributed by atoms with Crippen LogP contribution in [0.4, 0.5) is 37.7 Å². The second kappa shape index (κ2) is 15.2. The Morgan fingerprint density at radius 3 is 1.62 bits per heavy atom. The molecular weight excluding hydrogens is 969 g/mol. The van der Waals surface area contributed by atoms with Crippen LogP contribution >= 0.6 is 0 Å². The molecule has 21 heteroatoms. The van der Waals surface area contributed by atoms with Crippen molar-refractivity contribution in [2.45, 2.75) is 23.9 Å². The molecule has 0 fully saturated rings. The Balaban J connectivity index is 0.955. The van der Waals surface area contributed by atoms with Gasteiger partial charge in [-0.2, -0.15) is 26.3 Å². The molecule has 6 aromatic carbocycles. The van der Waals surface area contributed by atoms with Crippen molar-refractivity contribution < 1.29 is 45.5 Å². The summed E-state index contributed by atoms with van der Waals surface area (Å²) in [7, 11) is 2.85. The molecule has 7 aromatic rings. The van der Waals surface area contributed by atoms with Crippen LogP contribution in [0, 0.1) is 0 Å². The molecule has 0 spiro atoms. The first-order chi connectivity index (χ1) is 35.4. The highest BCUT2D eigenvalue weighted by Gasteiger charge is 2.73. The van der Waals surface area contributed by atoms with Gasteiger partial charge in [-0.1, -0.05) is 60.7 Å². The van der Waals surface area contributed by atoms with E-state index >= 15 is 26.3 Å². The zero-order valence-electron chi connectivity index (χ0n) is 38.1. The fraction of sp³-hybridized carbons (Fsp3) is 0.113. The highest BCUT2D eigenvalue weighted by Crippen LogP contribution is 2.57. The number of amides is 4. The number of amidine groups is 5. The first kappa shape index (κ1) is 44.4. The van der Waals surface area contributed by atoms with E-state index in [-0.39, 0.29) is 28.5 Å². The number of hydrogen-bond acceptors (Lipinski definition) is 12. The molecule has 15 nitrogen and oxygen atoms in total. The molecule has 1 aromatic heterocycles. The van der Waals surface area contributed by atoms with Crippen molar-refractivity contribution in [2.75, 3.05) is 24.3 Å². The minimum absolute atomic E-state index is 0.0601. The van der Waals surface area contributed by atoms with Crippen LogP contribution in [0.15, 0.2) is 156 Å². The van der Waals surface area contributed by atoms with Gasteiger partial charge >= 0.3 is 12.4 Å². The van der Waals surface area contributed by atoms with Gasteiger partial charge in [0.15, 0.2) is 35.3 Å². The van der Waals surface area contributed by atoms with Crippen LogP contribution in [0.2, 0.25) is 0 Å². The third-order valence-electron chi connectivity index (χ3n) is 13.9. The molecule has 0 saturated heterocycles. The molecule has 0 radical (unpaired) electrons. The number of anilines is 2. The zero-order valence-corrected chi connectivity index (χ0v) is 38.1. The Labute approximate surface area is 411 Å². The van der Waals surface area contributed by atoms with Crippen LogP contribution in [-0.4, -0.2) is 89.1 Å². The molecule has 2 N–H and O–H groups in total. The molecule has 13 rings (SSSR count). The predicted molar refractivity (Wildman–Crippen MR) is 258 cm³/mol. The van der Waals surface area contributed by atoms with Crippen molar-refractivity contribution in [3.8, 4) is 0 Å². The Morgan fingerprint density at radius 2 is 0.973 bits per heavy atom. The number of rotatable bonds is 4. The average Bonchev–Trinajstić information content (AvgIpc) is 4.20. The molecule has 7 heterocycles. The first-order valence-corrected chi connectivity index (χ1v) is 22.6. The fourth-order valence-electron chi connectivity index (χ4n) is 10.3. The SMILES string of the molecule is CNc1ccc2c(c1)C1=NC3=NC(N=C4N=C(N=c5[nH]c(c6ccccc56)=NC2=N1)c1cc(N2C(=O)c5ccc(C(c6ccc7c(c6)C(=O)N(C)C7=O)(C(F)(F)F)C(F)(F)F)cc5C2=O)ccc14)c1ccccc13. The van der Waals surface area contributed by atoms with Gasteiger partial charge in [0, 0.05) is 63.9 Å². The number of hydrogen-bond donors (Lipinski definition) is 2. The maximum absolute atomic E-state index is 15.4. The second-order valence-electron chi connectivity index (χ2n) is 17.9. The lowest BCUT2D eigenvalue weighted by atomic mass is 9.71. The maximum atomic E-state index is 15.4. The molecule has 4 amide bonds. The molecule has 1 atom stereocenters. The Bertz CT molecular complexity index is 4120. The first-order valence-electron chi connectivity index (χ1n) is 22.6. The van der Waals surface area contributed by atoms with E-state index in [1.54, 1.807) is 7.05 Å². The van der Waals surface area contributed by atoms with Crippen LogP contribution in [0.1, 0.15) is 92.1 Å². The fourth-order valence-corrected chi connectivity index (χ4v) is 10.3. The number of carbonyl (C=O) groups excluding carboxylic acids is 4. The summed E-state index contributed by atoms with van der Waals surface area (Å²) in [6.07, 6.45) is -13.1. The van der Waals surface area contributed by atoms with Crippen LogP contribution in [0.3, 0.4) is 0 Å². The topological polar surface area (TPSA) is 189 Å². The van der Waals surface area contributed by atoms with Gasteiger partial charge in [-0.3, -0.25) is 24.1 Å². The van der Waals surface area contributed by atoms with Gasteiger partial charge in [0.25, 0.3) is 23.6 Å². The van der Waals surface area contributed by atoms with Crippen LogP contribution in [0.25, 0.3) is 10.8 Å². The van der Waals surface area contributed by atoms with E-state index in [0.717, 1.165) is 30.4 Å². The number of nitrogens with one attached hydrogen (secondary N) is 2. The van der Waals surface area contributed by atoms with Crippen molar-refractivity contribution in [1.29, 1.82) is 0 Å². The molecule has 8 bridgehead atoms. The predicted octanol–water partition coefficient (Wildman–Crippen LogP) is 7.77. The van der Waals surface area contributed by atoms with Gasteiger partial charge in [-0.15, -0.1) is 0 Å². The number of nitrogens with zero attached hydrogens (tertiary/aromatic N) is 9. The maximum Gasteiger partial charge on any atom is 0.411 e. The lowest BCUT2D eigenvalue weighted by molar-refractivity contribution is -0.288. The summed E-state index contributed by atoms with van der Waals surface area (Å²) in [5.41, 5.74) is -5.06. The molecule has 6 aliphatic rings. The number of aromatic amines is 1. The monoisotopic (exact) mass is 997 g/mol. The molecule has 0 saturated carbocycles. The van der Waals surface area contributed by atoms with Crippen LogP contribution < -0.4 is 21.2 Å². The molecule has 1 unspecified atom stereocenters. The molecule has 0 aliphatic carbocycles. The quantitative estimate of drug-likeness (QED) is 0.134. The second-order valence-corrected chi connectivity index (χ2v) is 17.9. The van der Waals surface area contributed by atoms with E-state index in [9.17, 15) is 19.2 Å². The van der Waals surface area contributed by atoms with E-state index in [0.29, 0.717) is 95.6 Å². The van der Waals surface area contributed by atoms with Crippen LogP contribution in [-0.2, 0) is 5.41 Å². The van der Waals surface area contributed by atoms with Crippen molar-refractivity contribution in [1.82, 2.24) is 9.88 Å². The highest BCUT2D eigenvalue weighted by atomic mass is 19.4. The van der Waals surface area contributed by atoms with Gasteiger partial charge in [0.05, 0.1) is 27.9 Å². The summed E-state index contributed by atoms with van der Waals surface area (Å²) >= 11 is 0. The molecular formula is C53H29F6N11O4. The van der Waals surface area contributed by atoms with Crippen LogP contribution in [0.5, 0.6) is 0 Å². The summed E-state index contributed by atoms with van der Waals surface area (Å²) in [6.45, 7) is 0. The van der Waals surface area contributed by atoms with Crippen molar-refractivity contribution >= 4 is 75.0 Å². The van der Waals surface area contributed by atoms with Gasteiger partial charge in [0.2, 0.25) is 5.41 Å². The van der Waals surface area contributed by atoms with E-state index in [4.69, 9.17) is 34.9 Å². The number of aromatic nitrogens is 1. The Morgan fingerprint density at radius 1 is 0.486 bits per heavy atom. The number of fused-ring (bicyclic) bond motifs is 19. The van der Waals surface area contributed by atoms with E-state index < -0.39 is 75.4 Å². The van der Waals surface area contributed by atoms with E-state index in [1.165, 1.54) is 18.2 Å². The summed E-state index contributed by atoms with van der Waals surface area (Å²) in [4.78, 5) is 93.3. The minimum Gasteiger partial charge on any atom is -0.388 e. The largest absolute Gasteiger partial charge is 0.411 e. The summed E-state index contributed by atoms with van der Waals surface area (Å²) in [6, 6.07) is 28.0. The number of halogens is 6. The zero-order chi connectivity index (χ0) is 51.3. The normalized spacial score (nSPS) is 17.5. The summed E-state index contributed by atoms with van der Waals surface area (Å²) in [5, 5.41) is 4.47. The van der Waals surface area contributed by atoms with Crippen molar-refractivity contribution in [3.05, 3.63) is 199 Å². The number of alkyl halides is 6. The van der Waals surface area contributed by atoms with Gasteiger partial charge in [0.1, 0.15) is 11.0 Å². The van der Waals surface area contributed by atoms with Crippen molar-refractivity contribution in [2.24, 2.45) is 34.9 Å². The third kappa shape index (κ3) is 6.12. The van der Waals surface area contributed by atoms with E-state index in [2.05, 4.69) is 10.3 Å². The third-order valence-corrected chi connectivity index (χ3v) is 13.9. The number of benzene rings is 6. The number of carbonyl (C=O) groups is 4. The van der Waals surface area contributed by atoms with Gasteiger partial charge in [-0.05, 0) is 71.8 Å². The minimum atomic E-state index is -6.14.